The topological polar surface area (TPSA) is 72.2 Å². The third-order valence-electron chi connectivity index (χ3n) is 5.47. The summed E-state index contributed by atoms with van der Waals surface area (Å²) in [5, 5.41) is 0. The summed E-state index contributed by atoms with van der Waals surface area (Å²) in [7, 11) is 3.20. The molecule has 3 heterocycles. The van der Waals surface area contributed by atoms with Gasteiger partial charge in [0.1, 0.15) is 29.5 Å². The van der Waals surface area contributed by atoms with Crippen LogP contribution in [0.1, 0.15) is 30.5 Å². The van der Waals surface area contributed by atoms with Crippen molar-refractivity contribution in [3.8, 4) is 28.7 Å². The third-order valence-corrected chi connectivity index (χ3v) is 5.47. The van der Waals surface area contributed by atoms with E-state index in [0.29, 0.717) is 23.0 Å². The Kier molecular flexibility index (Phi) is 3.67. The first-order valence-electron chi connectivity index (χ1n) is 9.48. The summed E-state index contributed by atoms with van der Waals surface area (Å²) >= 11 is 0. The maximum Gasteiger partial charge on any atom is 0.219 e. The molecule has 6 nitrogen and oxygen atoms in total. The van der Waals surface area contributed by atoms with Crippen LogP contribution in [0.25, 0.3) is 17.7 Å². The quantitative estimate of drug-likeness (QED) is 0.835. The number of hydrogen-bond donors (Lipinski definition) is 1. The van der Waals surface area contributed by atoms with E-state index in [1.165, 1.54) is 0 Å². The largest absolute Gasteiger partial charge is 0.493 e. The van der Waals surface area contributed by atoms with E-state index in [2.05, 4.69) is 6.08 Å². The van der Waals surface area contributed by atoms with E-state index in [1.54, 1.807) is 14.2 Å². The Bertz CT molecular complexity index is 1090. The summed E-state index contributed by atoms with van der Waals surface area (Å²) in [6, 6.07) is 7.65. The first kappa shape index (κ1) is 17.9. The fraction of sp³-hybridized carbons (Fsp3) is 0.304. The average molecular weight is 393 g/mol. The van der Waals surface area contributed by atoms with Crippen LogP contribution in [0.15, 0.2) is 30.3 Å². The van der Waals surface area contributed by atoms with Crippen LogP contribution in [-0.4, -0.2) is 32.2 Å². The van der Waals surface area contributed by atoms with Gasteiger partial charge in [-0.25, -0.2) is 0 Å². The number of ether oxygens (including phenoxy) is 5. The predicted molar refractivity (Wildman–Crippen MR) is 111 cm³/mol. The average Bonchev–Trinajstić information content (AvgIpc) is 2.70. The number of hydrogen-bond acceptors (Lipinski definition) is 6. The van der Waals surface area contributed by atoms with Crippen molar-refractivity contribution >= 4 is 17.7 Å². The van der Waals surface area contributed by atoms with Gasteiger partial charge in [-0.1, -0.05) is 0 Å². The highest BCUT2D eigenvalue weighted by Crippen LogP contribution is 2.50. The van der Waals surface area contributed by atoms with Crippen LogP contribution in [0.4, 0.5) is 0 Å². The van der Waals surface area contributed by atoms with Crippen LogP contribution in [0.3, 0.4) is 0 Å². The van der Waals surface area contributed by atoms with Crippen molar-refractivity contribution in [3.05, 3.63) is 47.0 Å². The minimum atomic E-state index is -1.12. The van der Waals surface area contributed by atoms with E-state index in [-0.39, 0.29) is 12.2 Å². The molecule has 0 saturated heterocycles. The Hall–Kier alpha value is -3.12. The molecule has 0 aliphatic carbocycles. The van der Waals surface area contributed by atoms with Gasteiger partial charge in [0, 0.05) is 22.8 Å². The van der Waals surface area contributed by atoms with Crippen LogP contribution in [0.5, 0.6) is 28.7 Å². The van der Waals surface area contributed by atoms with Gasteiger partial charge in [0.15, 0.2) is 11.5 Å². The Morgan fingerprint density at radius 2 is 1.76 bits per heavy atom. The monoisotopic (exact) mass is 393 g/mol. The van der Waals surface area contributed by atoms with Crippen LogP contribution in [0.2, 0.25) is 0 Å². The summed E-state index contributed by atoms with van der Waals surface area (Å²) < 4.78 is 29.2. The van der Waals surface area contributed by atoms with Crippen molar-refractivity contribution in [3.63, 3.8) is 0 Å². The van der Waals surface area contributed by atoms with E-state index in [4.69, 9.17) is 29.4 Å². The van der Waals surface area contributed by atoms with Gasteiger partial charge in [-0.3, -0.25) is 5.73 Å². The second kappa shape index (κ2) is 5.94. The molecule has 1 atom stereocenters. The Balaban J connectivity index is 1.68. The fourth-order valence-corrected chi connectivity index (χ4v) is 3.98. The summed E-state index contributed by atoms with van der Waals surface area (Å²) in [5.41, 5.74) is 8.71. The smallest absolute Gasteiger partial charge is 0.219 e. The molecule has 150 valence electrons. The molecule has 0 saturated carbocycles. The lowest BCUT2D eigenvalue weighted by atomic mass is 9.87. The standard InChI is InChI=1S/C23H23NO5/c1-22(2)8-7-14-17(28-22)6-5-13-9-16-15-10-19(25-3)20(26-4)11-18(15)27-12-23(16,24)29-21(13)14/h5-11H,12,24H2,1-4H3. The highest BCUT2D eigenvalue weighted by atomic mass is 16.6. The van der Waals surface area contributed by atoms with Gasteiger partial charge >= 0.3 is 0 Å². The molecule has 29 heavy (non-hydrogen) atoms. The summed E-state index contributed by atoms with van der Waals surface area (Å²) in [5.74, 6) is 3.38. The van der Waals surface area contributed by atoms with Crippen molar-refractivity contribution in [1.82, 2.24) is 0 Å². The number of methoxy groups -OCH3 is 2. The molecule has 0 bridgehead atoms. The summed E-state index contributed by atoms with van der Waals surface area (Å²) in [4.78, 5) is 0. The molecular weight excluding hydrogens is 370 g/mol. The molecule has 6 heteroatoms. The molecule has 5 rings (SSSR count). The van der Waals surface area contributed by atoms with Crippen LogP contribution in [-0.2, 0) is 0 Å². The lowest BCUT2D eigenvalue weighted by Gasteiger charge is -2.41. The maximum absolute atomic E-state index is 6.69. The maximum atomic E-state index is 6.69. The van der Waals surface area contributed by atoms with Gasteiger partial charge in [-0.2, -0.15) is 0 Å². The highest BCUT2D eigenvalue weighted by molar-refractivity contribution is 5.94. The molecule has 2 aromatic carbocycles. The van der Waals surface area contributed by atoms with Gasteiger partial charge in [0.05, 0.1) is 19.8 Å². The van der Waals surface area contributed by atoms with Crippen LogP contribution in [0, 0.1) is 0 Å². The van der Waals surface area contributed by atoms with Crippen LogP contribution >= 0.6 is 0 Å². The second-order valence-electron chi connectivity index (χ2n) is 7.98. The minimum Gasteiger partial charge on any atom is -0.493 e. The number of benzene rings is 2. The lowest BCUT2D eigenvalue weighted by Crippen LogP contribution is -2.55. The second-order valence-corrected chi connectivity index (χ2v) is 7.98. The molecule has 1 unspecified atom stereocenters. The van der Waals surface area contributed by atoms with Gasteiger partial charge in [-0.05, 0) is 50.3 Å². The Labute approximate surface area is 169 Å². The van der Waals surface area contributed by atoms with E-state index < -0.39 is 5.72 Å². The molecule has 0 radical (unpaired) electrons. The van der Waals surface area contributed by atoms with E-state index in [1.807, 2.05) is 50.3 Å². The summed E-state index contributed by atoms with van der Waals surface area (Å²) in [6.45, 7) is 4.21. The van der Waals surface area contributed by atoms with E-state index in [0.717, 1.165) is 28.0 Å². The zero-order valence-corrected chi connectivity index (χ0v) is 16.9. The SMILES string of the molecule is COc1cc2c(cc1OC)C1=Cc3ccc4c(c3OC1(N)CO2)C=CC(C)(C)O4. The normalized spacial score (nSPS) is 22.4. The van der Waals surface area contributed by atoms with Crippen molar-refractivity contribution in [2.24, 2.45) is 5.73 Å². The molecular formula is C23H23NO5. The van der Waals surface area contributed by atoms with Gasteiger partial charge in [0.25, 0.3) is 0 Å². The first-order valence-corrected chi connectivity index (χ1v) is 9.48. The zero-order chi connectivity index (χ0) is 20.4. The Morgan fingerprint density at radius 1 is 1.00 bits per heavy atom. The number of nitrogens with two attached hydrogens (primary N) is 1. The van der Waals surface area contributed by atoms with E-state index in [9.17, 15) is 0 Å². The van der Waals surface area contributed by atoms with Crippen molar-refractivity contribution < 1.29 is 23.7 Å². The molecule has 2 N–H and O–H groups in total. The predicted octanol–water partition coefficient (Wildman–Crippen LogP) is 3.87. The van der Waals surface area contributed by atoms with Gasteiger partial charge in [-0.15, -0.1) is 0 Å². The Morgan fingerprint density at radius 3 is 2.52 bits per heavy atom. The molecule has 0 aromatic heterocycles. The lowest BCUT2D eigenvalue weighted by molar-refractivity contribution is 0.0642. The van der Waals surface area contributed by atoms with Crippen molar-refractivity contribution in [2.45, 2.75) is 25.2 Å². The third kappa shape index (κ3) is 2.67. The number of fused-ring (bicyclic) bond motifs is 6. The zero-order valence-electron chi connectivity index (χ0n) is 16.9. The fourth-order valence-electron chi connectivity index (χ4n) is 3.98. The van der Waals surface area contributed by atoms with Crippen molar-refractivity contribution in [1.29, 1.82) is 0 Å². The molecule has 3 aliphatic heterocycles. The molecule has 2 aromatic rings. The van der Waals surface area contributed by atoms with Gasteiger partial charge in [0.2, 0.25) is 5.72 Å². The van der Waals surface area contributed by atoms with Crippen molar-refractivity contribution in [2.75, 3.05) is 20.8 Å². The molecule has 3 aliphatic rings. The number of rotatable bonds is 2. The summed E-state index contributed by atoms with van der Waals surface area (Å²) in [6.07, 6.45) is 6.11. The molecule has 0 spiro atoms. The minimum absolute atomic E-state index is 0.181. The molecule has 0 amide bonds. The first-order chi connectivity index (χ1) is 13.8. The highest BCUT2D eigenvalue weighted by Gasteiger charge is 2.44. The van der Waals surface area contributed by atoms with E-state index >= 15 is 0 Å². The van der Waals surface area contributed by atoms with Crippen LogP contribution < -0.4 is 29.4 Å². The van der Waals surface area contributed by atoms with Gasteiger partial charge < -0.3 is 23.7 Å². The molecule has 0 fully saturated rings.